The molecule has 1 aliphatic heterocycles. The van der Waals surface area contributed by atoms with Crippen LogP contribution in [0, 0.1) is 11.3 Å². The minimum Gasteiger partial charge on any atom is -0.459 e. The van der Waals surface area contributed by atoms with E-state index in [-0.39, 0.29) is 31.1 Å². The molecule has 1 unspecified atom stereocenters. The lowest BCUT2D eigenvalue weighted by atomic mass is 10.0. The summed E-state index contributed by atoms with van der Waals surface area (Å²) in [5.41, 5.74) is -1.42. The van der Waals surface area contributed by atoms with Gasteiger partial charge in [-0.2, -0.15) is 18.4 Å². The molecule has 1 N–H and O–H groups in total. The molecule has 1 aromatic heterocycles. The highest BCUT2D eigenvalue weighted by Crippen LogP contribution is 2.35. The van der Waals surface area contributed by atoms with Crippen LogP contribution in [0.4, 0.5) is 18.9 Å². The Hall–Kier alpha value is -3.48. The summed E-state index contributed by atoms with van der Waals surface area (Å²) in [4.78, 5) is 27.9. The Bertz CT molecular complexity index is 951. The smallest absolute Gasteiger partial charge is 0.417 e. The number of amides is 2. The number of carbonyl (C=O) groups excluding carboxylic acids is 2. The molecule has 1 saturated heterocycles. The van der Waals surface area contributed by atoms with Crippen molar-refractivity contribution in [3.8, 4) is 6.07 Å². The number of alkyl halides is 3. The second kappa shape index (κ2) is 7.87. The van der Waals surface area contributed by atoms with Gasteiger partial charge in [0.2, 0.25) is 5.91 Å². The molecule has 29 heavy (non-hydrogen) atoms. The van der Waals surface area contributed by atoms with Crippen molar-refractivity contribution in [3.63, 3.8) is 0 Å². The minimum atomic E-state index is -4.71. The zero-order chi connectivity index (χ0) is 21.2. The number of furan rings is 1. The molecule has 2 amide bonds. The highest BCUT2D eigenvalue weighted by Gasteiger charge is 2.38. The van der Waals surface area contributed by atoms with E-state index in [0.717, 1.165) is 12.1 Å². The summed E-state index contributed by atoms with van der Waals surface area (Å²) in [6.07, 6.45) is -3.35. The first-order valence-electron chi connectivity index (χ1n) is 8.68. The monoisotopic (exact) mass is 406 g/mol. The molecular weight excluding hydrogens is 389 g/mol. The first kappa shape index (κ1) is 20.3. The average Bonchev–Trinajstić information content (AvgIpc) is 3.26. The Morgan fingerprint density at radius 3 is 2.62 bits per heavy atom. The second-order valence-corrected chi connectivity index (χ2v) is 6.39. The molecule has 3 rings (SSSR count). The van der Waals surface area contributed by atoms with Crippen molar-refractivity contribution in [2.75, 3.05) is 31.6 Å². The summed E-state index contributed by atoms with van der Waals surface area (Å²) in [7, 11) is 1.41. The third-order valence-electron chi connectivity index (χ3n) is 4.71. The van der Waals surface area contributed by atoms with Crippen LogP contribution in [-0.2, 0) is 11.0 Å². The van der Waals surface area contributed by atoms with E-state index in [9.17, 15) is 22.8 Å². The SMILES string of the molecule is CNC(=O)C1CN(C(=O)c2ccco2)CCN1c1ccc(C#N)c(C(F)(F)F)c1. The van der Waals surface area contributed by atoms with Crippen LogP contribution in [0.1, 0.15) is 21.7 Å². The van der Waals surface area contributed by atoms with Gasteiger partial charge in [-0.25, -0.2) is 0 Å². The Morgan fingerprint density at radius 2 is 2.03 bits per heavy atom. The summed E-state index contributed by atoms with van der Waals surface area (Å²) < 4.78 is 45.1. The number of nitrogens with one attached hydrogen (secondary N) is 1. The number of nitriles is 1. The molecule has 1 atom stereocenters. The number of halogens is 3. The third kappa shape index (κ3) is 4.03. The maximum absolute atomic E-state index is 13.3. The first-order chi connectivity index (χ1) is 13.8. The minimum absolute atomic E-state index is 0.0272. The summed E-state index contributed by atoms with van der Waals surface area (Å²) in [5.74, 6) is -0.730. The van der Waals surface area contributed by atoms with Crippen LogP contribution in [0.3, 0.4) is 0 Å². The number of hydrogen-bond donors (Lipinski definition) is 1. The van der Waals surface area contributed by atoms with Crippen molar-refractivity contribution in [2.24, 2.45) is 0 Å². The van der Waals surface area contributed by atoms with Gasteiger partial charge in [-0.05, 0) is 30.3 Å². The van der Waals surface area contributed by atoms with E-state index in [1.54, 1.807) is 6.07 Å². The van der Waals surface area contributed by atoms with Crippen LogP contribution in [-0.4, -0.2) is 49.4 Å². The van der Waals surface area contributed by atoms with E-state index >= 15 is 0 Å². The van der Waals surface area contributed by atoms with Gasteiger partial charge in [0.15, 0.2) is 5.76 Å². The Kier molecular flexibility index (Phi) is 5.50. The van der Waals surface area contributed by atoms with Crippen LogP contribution in [0.2, 0.25) is 0 Å². The number of rotatable bonds is 3. The Balaban J connectivity index is 1.92. The molecule has 0 bridgehead atoms. The van der Waals surface area contributed by atoms with Gasteiger partial charge in [-0.1, -0.05) is 0 Å². The van der Waals surface area contributed by atoms with Gasteiger partial charge < -0.3 is 19.5 Å². The third-order valence-corrected chi connectivity index (χ3v) is 4.71. The standard InChI is InChI=1S/C19H17F3N4O3/c1-24-17(27)15-11-25(18(28)16-3-2-8-29-16)6-7-26(15)13-5-4-12(10-23)14(9-13)19(20,21)22/h2-5,8-9,15H,6-7,11H2,1H3,(H,24,27). The highest BCUT2D eigenvalue weighted by atomic mass is 19.4. The number of piperazine rings is 1. The van der Waals surface area contributed by atoms with Gasteiger partial charge in [0, 0.05) is 25.8 Å². The van der Waals surface area contributed by atoms with Crippen LogP contribution >= 0.6 is 0 Å². The zero-order valence-electron chi connectivity index (χ0n) is 15.4. The van der Waals surface area contributed by atoms with E-state index in [2.05, 4.69) is 5.32 Å². The molecule has 2 aromatic rings. The fraction of sp³-hybridized carbons (Fsp3) is 0.316. The van der Waals surface area contributed by atoms with E-state index in [1.807, 2.05) is 0 Å². The molecular formula is C19H17F3N4O3. The van der Waals surface area contributed by atoms with Crippen molar-refractivity contribution in [3.05, 3.63) is 53.5 Å². The zero-order valence-corrected chi connectivity index (χ0v) is 15.4. The van der Waals surface area contributed by atoms with Crippen molar-refractivity contribution < 1.29 is 27.2 Å². The van der Waals surface area contributed by atoms with Gasteiger partial charge in [-0.3, -0.25) is 9.59 Å². The summed E-state index contributed by atoms with van der Waals surface area (Å²) >= 11 is 0. The highest BCUT2D eigenvalue weighted by molar-refractivity contribution is 5.93. The molecule has 0 radical (unpaired) electrons. The molecule has 1 aliphatic rings. The number of hydrogen-bond acceptors (Lipinski definition) is 5. The maximum Gasteiger partial charge on any atom is 0.417 e. The topological polar surface area (TPSA) is 89.6 Å². The van der Waals surface area contributed by atoms with Gasteiger partial charge in [-0.15, -0.1) is 0 Å². The molecule has 152 valence electrons. The lowest BCUT2D eigenvalue weighted by Crippen LogP contribution is -2.60. The average molecular weight is 406 g/mol. The van der Waals surface area contributed by atoms with Crippen molar-refractivity contribution in [1.29, 1.82) is 5.26 Å². The summed E-state index contributed by atoms with van der Waals surface area (Å²) in [5, 5.41) is 11.4. The second-order valence-electron chi connectivity index (χ2n) is 6.39. The molecule has 0 aliphatic carbocycles. The Labute approximate surface area is 164 Å². The van der Waals surface area contributed by atoms with E-state index < -0.39 is 35.2 Å². The molecule has 0 saturated carbocycles. The van der Waals surface area contributed by atoms with Gasteiger partial charge in [0.25, 0.3) is 5.91 Å². The van der Waals surface area contributed by atoms with Gasteiger partial charge in [0.05, 0.1) is 30.0 Å². The van der Waals surface area contributed by atoms with E-state index in [0.29, 0.717) is 0 Å². The number of anilines is 1. The van der Waals surface area contributed by atoms with E-state index in [1.165, 1.54) is 41.3 Å². The van der Waals surface area contributed by atoms with Crippen LogP contribution in [0.5, 0.6) is 0 Å². The number of carbonyl (C=O) groups is 2. The van der Waals surface area contributed by atoms with Crippen LogP contribution < -0.4 is 10.2 Å². The maximum atomic E-state index is 13.3. The van der Waals surface area contributed by atoms with E-state index in [4.69, 9.17) is 9.68 Å². The Morgan fingerprint density at radius 1 is 1.28 bits per heavy atom. The molecule has 1 aromatic carbocycles. The number of nitrogens with zero attached hydrogens (tertiary/aromatic N) is 3. The number of likely N-dealkylation sites (N-methyl/N-ethyl adjacent to an activating group) is 1. The molecule has 10 heteroatoms. The lowest BCUT2D eigenvalue weighted by Gasteiger charge is -2.41. The molecule has 0 spiro atoms. The quantitative estimate of drug-likeness (QED) is 0.845. The van der Waals surface area contributed by atoms with Crippen molar-refractivity contribution in [2.45, 2.75) is 12.2 Å². The van der Waals surface area contributed by atoms with Crippen LogP contribution in [0.15, 0.2) is 41.0 Å². The fourth-order valence-electron chi connectivity index (χ4n) is 3.27. The van der Waals surface area contributed by atoms with Crippen LogP contribution in [0.25, 0.3) is 0 Å². The predicted molar refractivity (Wildman–Crippen MR) is 96.0 cm³/mol. The van der Waals surface area contributed by atoms with Gasteiger partial charge in [0.1, 0.15) is 6.04 Å². The molecule has 2 heterocycles. The molecule has 7 nitrogen and oxygen atoms in total. The summed E-state index contributed by atoms with van der Waals surface area (Å²) in [6.45, 7) is 0.294. The first-order valence-corrected chi connectivity index (χ1v) is 8.68. The lowest BCUT2D eigenvalue weighted by molar-refractivity contribution is -0.137. The number of benzene rings is 1. The normalized spacial score (nSPS) is 17.0. The molecule has 1 fully saturated rings. The largest absolute Gasteiger partial charge is 0.459 e. The van der Waals surface area contributed by atoms with Crippen molar-refractivity contribution >= 4 is 17.5 Å². The summed E-state index contributed by atoms with van der Waals surface area (Å²) in [6, 6.07) is 7.01. The predicted octanol–water partition coefficient (Wildman–Crippen LogP) is 2.25. The van der Waals surface area contributed by atoms with Crippen molar-refractivity contribution in [1.82, 2.24) is 10.2 Å². The fourth-order valence-corrected chi connectivity index (χ4v) is 3.27. The van der Waals surface area contributed by atoms with Gasteiger partial charge >= 0.3 is 6.18 Å².